The van der Waals surface area contributed by atoms with Crippen molar-refractivity contribution in [1.29, 1.82) is 0 Å². The normalized spacial score (nSPS) is 10.9. The fourth-order valence-corrected chi connectivity index (χ4v) is 3.67. The molecule has 0 saturated carbocycles. The SMILES string of the molecule is O=C(c1cc2ccccc2cc1O)N(Cc1ccco1)Cc1cccs1. The van der Waals surface area contributed by atoms with Crippen molar-refractivity contribution in [3.8, 4) is 5.75 Å². The highest BCUT2D eigenvalue weighted by molar-refractivity contribution is 7.09. The molecule has 4 aromatic rings. The molecule has 130 valence electrons. The van der Waals surface area contributed by atoms with Gasteiger partial charge in [-0.1, -0.05) is 30.3 Å². The molecule has 0 aliphatic heterocycles. The number of phenols is 1. The molecule has 0 unspecified atom stereocenters. The van der Waals surface area contributed by atoms with E-state index in [1.165, 1.54) is 0 Å². The fourth-order valence-electron chi connectivity index (χ4n) is 2.95. The number of hydrogen-bond donors (Lipinski definition) is 1. The predicted molar refractivity (Wildman–Crippen MR) is 102 cm³/mol. The number of nitrogens with zero attached hydrogens (tertiary/aromatic N) is 1. The molecule has 2 aromatic carbocycles. The molecule has 0 aliphatic carbocycles. The Hall–Kier alpha value is -3.05. The largest absolute Gasteiger partial charge is 0.507 e. The van der Waals surface area contributed by atoms with Crippen LogP contribution in [0, 0.1) is 0 Å². The van der Waals surface area contributed by atoms with Crippen LogP contribution in [0.25, 0.3) is 10.8 Å². The van der Waals surface area contributed by atoms with E-state index in [1.807, 2.05) is 47.8 Å². The van der Waals surface area contributed by atoms with Crippen molar-refractivity contribution >= 4 is 28.0 Å². The molecule has 5 heteroatoms. The molecule has 0 fully saturated rings. The maximum atomic E-state index is 13.2. The molecule has 4 rings (SSSR count). The molecule has 0 bridgehead atoms. The monoisotopic (exact) mass is 363 g/mol. The van der Waals surface area contributed by atoms with Crippen molar-refractivity contribution < 1.29 is 14.3 Å². The summed E-state index contributed by atoms with van der Waals surface area (Å²) in [5.41, 5.74) is 0.298. The summed E-state index contributed by atoms with van der Waals surface area (Å²) < 4.78 is 5.42. The average molecular weight is 363 g/mol. The first-order valence-corrected chi connectivity index (χ1v) is 9.14. The molecule has 0 saturated heterocycles. The second-order valence-electron chi connectivity index (χ2n) is 6.04. The molecular weight excluding hydrogens is 346 g/mol. The number of carbonyl (C=O) groups excluding carboxylic acids is 1. The summed E-state index contributed by atoms with van der Waals surface area (Å²) in [4.78, 5) is 16.0. The van der Waals surface area contributed by atoms with Gasteiger partial charge >= 0.3 is 0 Å². The molecule has 2 heterocycles. The fraction of sp³-hybridized carbons (Fsp3) is 0.0952. The van der Waals surface area contributed by atoms with Gasteiger partial charge in [0, 0.05) is 4.88 Å². The minimum atomic E-state index is -0.224. The summed E-state index contributed by atoms with van der Waals surface area (Å²) in [6.45, 7) is 0.805. The van der Waals surface area contributed by atoms with Gasteiger partial charge in [0.25, 0.3) is 5.91 Å². The first-order chi connectivity index (χ1) is 12.7. The van der Waals surface area contributed by atoms with Crippen LogP contribution in [0.5, 0.6) is 5.75 Å². The van der Waals surface area contributed by atoms with Gasteiger partial charge < -0.3 is 14.4 Å². The number of furan rings is 1. The highest BCUT2D eigenvalue weighted by Crippen LogP contribution is 2.27. The predicted octanol–water partition coefficient (Wildman–Crippen LogP) is 5.04. The van der Waals surface area contributed by atoms with Crippen LogP contribution in [-0.2, 0) is 13.1 Å². The van der Waals surface area contributed by atoms with Crippen molar-refractivity contribution in [3.05, 3.63) is 88.5 Å². The molecule has 26 heavy (non-hydrogen) atoms. The summed E-state index contributed by atoms with van der Waals surface area (Å²) in [7, 11) is 0. The minimum Gasteiger partial charge on any atom is -0.507 e. The van der Waals surface area contributed by atoms with Gasteiger partial charge in [0.1, 0.15) is 11.5 Å². The highest BCUT2D eigenvalue weighted by Gasteiger charge is 2.21. The van der Waals surface area contributed by atoms with E-state index in [2.05, 4.69) is 0 Å². The van der Waals surface area contributed by atoms with Crippen molar-refractivity contribution in [2.24, 2.45) is 0 Å². The molecule has 4 nitrogen and oxygen atoms in total. The Morgan fingerprint density at radius 3 is 2.50 bits per heavy atom. The maximum Gasteiger partial charge on any atom is 0.258 e. The van der Waals surface area contributed by atoms with E-state index in [1.54, 1.807) is 40.7 Å². The van der Waals surface area contributed by atoms with Crippen molar-refractivity contribution in [3.63, 3.8) is 0 Å². The van der Waals surface area contributed by atoms with Gasteiger partial charge in [-0.05, 0) is 46.5 Å². The van der Waals surface area contributed by atoms with Gasteiger partial charge in [0.05, 0.1) is 24.9 Å². The number of carbonyl (C=O) groups is 1. The molecule has 0 spiro atoms. The van der Waals surface area contributed by atoms with Gasteiger partial charge in [-0.2, -0.15) is 0 Å². The topological polar surface area (TPSA) is 53.7 Å². The second-order valence-corrected chi connectivity index (χ2v) is 7.07. The summed E-state index contributed by atoms with van der Waals surface area (Å²) in [6, 6.07) is 18.7. The van der Waals surface area contributed by atoms with E-state index < -0.39 is 0 Å². The molecule has 1 N–H and O–H groups in total. The summed E-state index contributed by atoms with van der Waals surface area (Å²) >= 11 is 1.60. The molecule has 0 atom stereocenters. The average Bonchev–Trinajstić information content (AvgIpc) is 3.34. The zero-order valence-electron chi connectivity index (χ0n) is 14.0. The Labute approximate surface area is 154 Å². The second kappa shape index (κ2) is 7.06. The van der Waals surface area contributed by atoms with Crippen molar-refractivity contribution in [2.45, 2.75) is 13.1 Å². The van der Waals surface area contributed by atoms with Gasteiger partial charge in [-0.3, -0.25) is 4.79 Å². The van der Waals surface area contributed by atoms with E-state index in [0.717, 1.165) is 15.6 Å². The number of amides is 1. The lowest BCUT2D eigenvalue weighted by Gasteiger charge is -2.22. The smallest absolute Gasteiger partial charge is 0.258 e. The van der Waals surface area contributed by atoms with Gasteiger partial charge in [-0.25, -0.2) is 0 Å². The quantitative estimate of drug-likeness (QED) is 0.540. The van der Waals surface area contributed by atoms with E-state index in [4.69, 9.17) is 4.42 Å². The number of rotatable bonds is 5. The van der Waals surface area contributed by atoms with Gasteiger partial charge in [0.15, 0.2) is 0 Å². The van der Waals surface area contributed by atoms with Crippen LogP contribution in [0.1, 0.15) is 21.0 Å². The lowest BCUT2D eigenvalue weighted by atomic mass is 10.0. The van der Waals surface area contributed by atoms with Crippen LogP contribution in [0.4, 0.5) is 0 Å². The van der Waals surface area contributed by atoms with Gasteiger partial charge in [0.2, 0.25) is 0 Å². The molecular formula is C21H17NO3S. The van der Waals surface area contributed by atoms with Crippen LogP contribution in [0.2, 0.25) is 0 Å². The minimum absolute atomic E-state index is 0.00988. The Kier molecular flexibility index (Phi) is 4.46. The van der Waals surface area contributed by atoms with E-state index in [0.29, 0.717) is 24.4 Å². The van der Waals surface area contributed by atoms with Crippen LogP contribution in [0.15, 0.2) is 76.7 Å². The number of aromatic hydroxyl groups is 1. The zero-order valence-corrected chi connectivity index (χ0v) is 14.8. The van der Waals surface area contributed by atoms with E-state index in [-0.39, 0.29) is 11.7 Å². The van der Waals surface area contributed by atoms with Gasteiger partial charge in [-0.15, -0.1) is 11.3 Å². The Bertz CT molecular complexity index is 987. The number of phenolic OH excluding ortho intramolecular Hbond substituents is 1. The van der Waals surface area contributed by atoms with Crippen LogP contribution in [0.3, 0.4) is 0 Å². The number of hydrogen-bond acceptors (Lipinski definition) is 4. The number of benzene rings is 2. The summed E-state index contributed by atoms with van der Waals surface area (Å²) in [6.07, 6.45) is 1.59. The Morgan fingerprint density at radius 1 is 1.00 bits per heavy atom. The van der Waals surface area contributed by atoms with Crippen LogP contribution < -0.4 is 0 Å². The number of thiophene rings is 1. The third-order valence-electron chi connectivity index (χ3n) is 4.24. The zero-order chi connectivity index (χ0) is 17.9. The highest BCUT2D eigenvalue weighted by atomic mass is 32.1. The van der Waals surface area contributed by atoms with Crippen molar-refractivity contribution in [1.82, 2.24) is 4.90 Å². The summed E-state index contributed by atoms with van der Waals surface area (Å²) in [5, 5.41) is 14.2. The molecule has 2 aromatic heterocycles. The third-order valence-corrected chi connectivity index (χ3v) is 5.10. The summed E-state index contributed by atoms with van der Waals surface area (Å²) in [5.74, 6) is 0.470. The first kappa shape index (κ1) is 16.4. The third kappa shape index (κ3) is 3.34. The van der Waals surface area contributed by atoms with E-state index >= 15 is 0 Å². The van der Waals surface area contributed by atoms with Crippen LogP contribution in [-0.4, -0.2) is 15.9 Å². The van der Waals surface area contributed by atoms with Crippen LogP contribution >= 0.6 is 11.3 Å². The number of fused-ring (bicyclic) bond motifs is 1. The van der Waals surface area contributed by atoms with E-state index in [9.17, 15) is 9.90 Å². The lowest BCUT2D eigenvalue weighted by molar-refractivity contribution is 0.0716. The molecule has 1 amide bonds. The molecule has 0 radical (unpaired) electrons. The van der Waals surface area contributed by atoms with Crippen molar-refractivity contribution in [2.75, 3.05) is 0 Å². The molecule has 0 aliphatic rings. The maximum absolute atomic E-state index is 13.2. The lowest BCUT2D eigenvalue weighted by Crippen LogP contribution is -2.29. The Balaban J connectivity index is 1.70. The Morgan fingerprint density at radius 2 is 1.81 bits per heavy atom. The first-order valence-electron chi connectivity index (χ1n) is 8.26. The standard InChI is InChI=1S/C21H17NO3S/c23-20-12-16-6-2-1-5-15(16)11-19(20)21(24)22(13-17-7-3-9-25-17)14-18-8-4-10-26-18/h1-12,23H,13-14H2.